The van der Waals surface area contributed by atoms with Crippen molar-refractivity contribution in [2.24, 2.45) is 10.2 Å². The number of carbonyl (C=O) groups excluding carboxylic acids is 1. The molecule has 3 N–H and O–H groups in total. The van der Waals surface area contributed by atoms with Crippen LogP contribution in [0.4, 0.5) is 11.4 Å². The number of amides is 1. The molecular weight excluding hydrogens is 454 g/mol. The summed E-state index contributed by atoms with van der Waals surface area (Å²) in [5.41, 5.74) is 9.55. The number of hydrazone groups is 2. The Bertz CT molecular complexity index is 1540. The van der Waals surface area contributed by atoms with Crippen molar-refractivity contribution in [1.82, 2.24) is 15.2 Å². The Hall–Kier alpha value is -4.79. The molecule has 0 atom stereocenters. The zero-order valence-corrected chi connectivity index (χ0v) is 19.6. The summed E-state index contributed by atoms with van der Waals surface area (Å²) < 4.78 is 0. The molecule has 0 fully saturated rings. The topological polar surface area (TPSA) is 119 Å². The highest BCUT2D eigenvalue weighted by Crippen LogP contribution is 2.37. The number of hydrogen-bond acceptors (Lipinski definition) is 7. The van der Waals surface area contributed by atoms with Gasteiger partial charge >= 0.3 is 5.91 Å². The highest BCUT2D eigenvalue weighted by molar-refractivity contribution is 6.71. The molecule has 0 unspecified atom stereocenters. The highest BCUT2D eigenvalue weighted by Gasteiger charge is 2.31. The number of benzene rings is 3. The summed E-state index contributed by atoms with van der Waals surface area (Å²) in [6.07, 6.45) is 4.76. The molecule has 1 aliphatic carbocycles. The van der Waals surface area contributed by atoms with E-state index < -0.39 is 0 Å². The van der Waals surface area contributed by atoms with Crippen LogP contribution in [-0.4, -0.2) is 37.6 Å². The van der Waals surface area contributed by atoms with Crippen molar-refractivity contribution in [3.8, 4) is 28.3 Å². The molecule has 0 saturated carbocycles. The van der Waals surface area contributed by atoms with Gasteiger partial charge in [-0.1, -0.05) is 36.4 Å². The zero-order chi connectivity index (χ0) is 24.6. The van der Waals surface area contributed by atoms with Crippen LogP contribution in [0.2, 0.25) is 0 Å². The maximum absolute atomic E-state index is 13.1. The minimum atomic E-state index is -0.312. The lowest BCUT2D eigenvalue weighted by Crippen LogP contribution is -2.28. The molecule has 0 bridgehead atoms. The Morgan fingerprint density at radius 1 is 1.03 bits per heavy atom. The van der Waals surface area contributed by atoms with Crippen molar-refractivity contribution in [1.29, 1.82) is 0 Å². The van der Waals surface area contributed by atoms with Gasteiger partial charge in [-0.25, -0.2) is 0 Å². The fourth-order valence-electron chi connectivity index (χ4n) is 4.65. The molecule has 1 aliphatic heterocycles. The van der Waals surface area contributed by atoms with Gasteiger partial charge in [-0.05, 0) is 67.1 Å². The molecule has 1 amide bonds. The van der Waals surface area contributed by atoms with Crippen molar-refractivity contribution in [2.45, 2.75) is 26.2 Å². The minimum absolute atomic E-state index is 0.0204. The van der Waals surface area contributed by atoms with E-state index in [2.05, 4.69) is 36.9 Å². The second kappa shape index (κ2) is 8.77. The second-order valence-corrected chi connectivity index (χ2v) is 8.80. The molecule has 9 heteroatoms. The molecule has 36 heavy (non-hydrogen) atoms. The molecular formula is C27H23N7O2. The first-order valence-corrected chi connectivity index (χ1v) is 11.7. The molecule has 2 heterocycles. The van der Waals surface area contributed by atoms with Crippen LogP contribution >= 0.6 is 0 Å². The number of nitrogens with one attached hydrogen (secondary N) is 2. The lowest BCUT2D eigenvalue weighted by molar-refractivity contribution is -0.112. The smallest absolute Gasteiger partial charge is 0.301 e. The number of anilines is 2. The summed E-state index contributed by atoms with van der Waals surface area (Å²) in [5.74, 6) is 0.347. The van der Waals surface area contributed by atoms with Gasteiger partial charge in [-0.15, -0.1) is 10.2 Å². The zero-order valence-electron chi connectivity index (χ0n) is 19.6. The van der Waals surface area contributed by atoms with E-state index in [4.69, 9.17) is 0 Å². The number of phenolic OH excluding ortho intramolecular Hbond substituents is 1. The first-order valence-electron chi connectivity index (χ1n) is 11.7. The predicted molar refractivity (Wildman–Crippen MR) is 139 cm³/mol. The second-order valence-electron chi connectivity index (χ2n) is 8.80. The number of nitrogens with zero attached hydrogens (tertiary/aromatic N) is 5. The summed E-state index contributed by atoms with van der Waals surface area (Å²) in [6, 6.07) is 19.0. The molecule has 0 saturated heterocycles. The fraction of sp³-hybridized carbons (Fsp3) is 0.148. The van der Waals surface area contributed by atoms with E-state index in [9.17, 15) is 9.90 Å². The van der Waals surface area contributed by atoms with E-state index in [0.717, 1.165) is 36.1 Å². The van der Waals surface area contributed by atoms with Gasteiger partial charge in [0, 0.05) is 11.1 Å². The monoisotopic (exact) mass is 477 g/mol. The SMILES string of the molecule is CC1=NN(c2ccc3c(c2)CCC3)C(=O)/C1=N\Nc1cccc(-c2cccc(-c3nnc[nH]3)c2)c1O. The van der Waals surface area contributed by atoms with Gasteiger partial charge in [0.15, 0.2) is 11.5 Å². The molecule has 4 aromatic rings. The molecule has 9 nitrogen and oxygen atoms in total. The molecule has 2 aliphatic rings. The summed E-state index contributed by atoms with van der Waals surface area (Å²) in [6.45, 7) is 1.75. The Balaban J connectivity index is 1.25. The number of aromatic hydroxyl groups is 1. The number of H-pyrrole nitrogens is 1. The number of rotatable bonds is 5. The third kappa shape index (κ3) is 3.80. The summed E-state index contributed by atoms with van der Waals surface area (Å²) in [5, 5.41) is 29.0. The molecule has 6 rings (SSSR count). The number of fused-ring (bicyclic) bond motifs is 1. The average Bonchev–Trinajstić information content (AvgIpc) is 3.65. The van der Waals surface area contributed by atoms with Crippen LogP contribution in [0, 0.1) is 0 Å². The summed E-state index contributed by atoms with van der Waals surface area (Å²) >= 11 is 0. The lowest BCUT2D eigenvalue weighted by Gasteiger charge is -2.13. The van der Waals surface area contributed by atoms with E-state index in [1.54, 1.807) is 13.0 Å². The minimum Gasteiger partial charge on any atom is -0.505 e. The van der Waals surface area contributed by atoms with Crippen molar-refractivity contribution in [3.63, 3.8) is 0 Å². The van der Waals surface area contributed by atoms with E-state index in [0.29, 0.717) is 22.8 Å². The van der Waals surface area contributed by atoms with Crippen molar-refractivity contribution in [2.75, 3.05) is 10.4 Å². The molecule has 178 valence electrons. The lowest BCUT2D eigenvalue weighted by atomic mass is 10.0. The Morgan fingerprint density at radius 2 is 1.86 bits per heavy atom. The predicted octanol–water partition coefficient (Wildman–Crippen LogP) is 4.52. The van der Waals surface area contributed by atoms with Crippen molar-refractivity contribution < 1.29 is 9.90 Å². The third-order valence-electron chi connectivity index (χ3n) is 6.50. The number of aryl methyl sites for hydroxylation is 2. The summed E-state index contributed by atoms with van der Waals surface area (Å²) in [7, 11) is 0. The number of para-hydroxylation sites is 1. The molecule has 1 aromatic heterocycles. The Morgan fingerprint density at radius 3 is 2.72 bits per heavy atom. The fourth-order valence-corrected chi connectivity index (χ4v) is 4.65. The third-order valence-corrected chi connectivity index (χ3v) is 6.50. The van der Waals surface area contributed by atoms with E-state index in [1.165, 1.54) is 22.5 Å². The Labute approximate surface area is 207 Å². The maximum atomic E-state index is 13.1. The van der Waals surface area contributed by atoms with Gasteiger partial charge in [0.1, 0.15) is 12.1 Å². The van der Waals surface area contributed by atoms with Crippen LogP contribution < -0.4 is 10.4 Å². The van der Waals surface area contributed by atoms with E-state index in [-0.39, 0.29) is 17.4 Å². The van der Waals surface area contributed by atoms with Gasteiger partial charge < -0.3 is 10.1 Å². The van der Waals surface area contributed by atoms with Crippen LogP contribution in [0.5, 0.6) is 5.75 Å². The van der Waals surface area contributed by atoms with E-state index in [1.807, 2.05) is 48.5 Å². The van der Waals surface area contributed by atoms with Crippen LogP contribution in [-0.2, 0) is 17.6 Å². The number of carbonyl (C=O) groups is 1. The first-order chi connectivity index (χ1) is 17.6. The molecule has 0 spiro atoms. The van der Waals surface area contributed by atoms with Crippen molar-refractivity contribution >= 4 is 28.7 Å². The summed E-state index contributed by atoms with van der Waals surface area (Å²) in [4.78, 5) is 16.1. The quantitative estimate of drug-likeness (QED) is 0.288. The maximum Gasteiger partial charge on any atom is 0.301 e. The van der Waals surface area contributed by atoms with Crippen LogP contribution in [0.15, 0.2) is 77.2 Å². The van der Waals surface area contributed by atoms with Crippen LogP contribution in [0.3, 0.4) is 0 Å². The van der Waals surface area contributed by atoms with Gasteiger partial charge in [0.25, 0.3) is 0 Å². The average molecular weight is 478 g/mol. The first kappa shape index (κ1) is 21.7. The van der Waals surface area contributed by atoms with Gasteiger partial charge in [0.2, 0.25) is 0 Å². The molecule has 0 radical (unpaired) electrons. The van der Waals surface area contributed by atoms with Gasteiger partial charge in [0.05, 0.1) is 17.1 Å². The highest BCUT2D eigenvalue weighted by atomic mass is 16.3. The largest absolute Gasteiger partial charge is 0.505 e. The van der Waals surface area contributed by atoms with E-state index >= 15 is 0 Å². The van der Waals surface area contributed by atoms with Crippen LogP contribution in [0.1, 0.15) is 24.5 Å². The molecule has 3 aromatic carbocycles. The number of phenols is 1. The van der Waals surface area contributed by atoms with Crippen LogP contribution in [0.25, 0.3) is 22.5 Å². The Kier molecular flexibility index (Phi) is 5.29. The van der Waals surface area contributed by atoms with Gasteiger partial charge in [-0.2, -0.15) is 15.2 Å². The normalized spacial score (nSPS) is 15.9. The number of aromatic amines is 1. The van der Waals surface area contributed by atoms with Gasteiger partial charge in [-0.3, -0.25) is 10.2 Å². The number of aromatic nitrogens is 3. The number of hydrogen-bond donors (Lipinski definition) is 3. The standard InChI is InChI=1S/C27H23N7O2/c1-16-24(27(36)34(33-16)21-12-11-17-5-2-6-18(17)14-21)31-30-23-10-4-9-22(25(23)35)19-7-3-8-20(13-19)26-28-15-29-32-26/h3-4,7-15,30,35H,2,5-6H2,1H3,(H,28,29,32)/b31-24-. The van der Waals surface area contributed by atoms with Crippen molar-refractivity contribution in [3.05, 3.63) is 78.1 Å².